The third-order valence-electron chi connectivity index (χ3n) is 4.43. The summed E-state index contributed by atoms with van der Waals surface area (Å²) < 4.78 is 5.50. The molecular formula is C14H20N4O. The van der Waals surface area contributed by atoms with Crippen molar-refractivity contribution in [2.45, 2.75) is 38.4 Å². The molecule has 1 saturated carbocycles. The fraction of sp³-hybridized carbons (Fsp3) is 0.714. The van der Waals surface area contributed by atoms with Gasteiger partial charge in [0.25, 0.3) is 0 Å². The molecule has 3 fully saturated rings. The first kappa shape index (κ1) is 11.6. The number of nitrogens with zero attached hydrogens (tertiary/aromatic N) is 3. The van der Waals surface area contributed by atoms with Crippen molar-refractivity contribution in [3.63, 3.8) is 0 Å². The fourth-order valence-corrected chi connectivity index (χ4v) is 3.10. The number of rotatable bonds is 3. The van der Waals surface area contributed by atoms with Crippen LogP contribution in [0.5, 0.6) is 0 Å². The fourth-order valence-electron chi connectivity index (χ4n) is 3.10. The Morgan fingerprint density at radius 1 is 1.42 bits per heavy atom. The molecule has 2 aliphatic heterocycles. The maximum Gasteiger partial charge on any atom is 0.132 e. The number of hydrogen-bond donors (Lipinski definition) is 1. The number of morpholine rings is 1. The van der Waals surface area contributed by atoms with E-state index in [4.69, 9.17) is 4.74 Å². The summed E-state index contributed by atoms with van der Waals surface area (Å²) in [6.07, 6.45) is 1.09. The second-order valence-corrected chi connectivity index (χ2v) is 5.97. The lowest BCUT2D eigenvalue weighted by atomic mass is 10.1. The van der Waals surface area contributed by atoms with E-state index in [2.05, 4.69) is 33.2 Å². The summed E-state index contributed by atoms with van der Waals surface area (Å²) in [5.74, 6) is 2.78. The maximum absolute atomic E-state index is 5.50. The number of hydrogen-bond acceptors (Lipinski definition) is 5. The molecule has 1 aromatic heterocycles. The third-order valence-corrected chi connectivity index (χ3v) is 4.43. The molecule has 102 valence electrons. The lowest BCUT2D eigenvalue weighted by molar-refractivity contribution is 0.0985. The minimum Gasteiger partial charge on any atom is -0.377 e. The van der Waals surface area contributed by atoms with Crippen LogP contribution in [0.4, 0.5) is 5.82 Å². The molecule has 3 heterocycles. The average molecular weight is 260 g/mol. The summed E-state index contributed by atoms with van der Waals surface area (Å²) in [5, 5.41) is 3.39. The van der Waals surface area contributed by atoms with Crippen LogP contribution in [0.1, 0.15) is 18.4 Å². The molecule has 2 saturated heterocycles. The Balaban J connectivity index is 1.56. The second-order valence-electron chi connectivity index (χ2n) is 5.97. The highest BCUT2D eigenvalue weighted by molar-refractivity contribution is 5.42. The smallest absolute Gasteiger partial charge is 0.132 e. The molecule has 0 amide bonds. The summed E-state index contributed by atoms with van der Waals surface area (Å²) >= 11 is 0. The van der Waals surface area contributed by atoms with Crippen LogP contribution < -0.4 is 10.2 Å². The Morgan fingerprint density at radius 3 is 2.95 bits per heavy atom. The molecule has 1 N–H and O–H groups in total. The van der Waals surface area contributed by atoms with Gasteiger partial charge in [-0.05, 0) is 26.2 Å². The van der Waals surface area contributed by atoms with Gasteiger partial charge in [-0.1, -0.05) is 0 Å². The predicted molar refractivity (Wildman–Crippen MR) is 72.3 cm³/mol. The van der Waals surface area contributed by atoms with E-state index >= 15 is 0 Å². The summed E-state index contributed by atoms with van der Waals surface area (Å²) in [5.41, 5.74) is 1.19. The van der Waals surface area contributed by atoms with Crippen molar-refractivity contribution < 1.29 is 4.74 Å². The third kappa shape index (κ3) is 2.11. The molecule has 3 aliphatic rings. The summed E-state index contributed by atoms with van der Waals surface area (Å²) in [6.45, 7) is 6.68. The van der Waals surface area contributed by atoms with Crippen LogP contribution in [0, 0.1) is 12.8 Å². The van der Waals surface area contributed by atoms with E-state index in [1.54, 1.807) is 0 Å². The van der Waals surface area contributed by atoms with E-state index in [0.29, 0.717) is 6.04 Å². The molecule has 5 heteroatoms. The summed E-state index contributed by atoms with van der Waals surface area (Å²) in [4.78, 5) is 11.5. The van der Waals surface area contributed by atoms with Crippen molar-refractivity contribution in [2.24, 2.45) is 5.92 Å². The minimum atomic E-state index is 0.395. The standard InChI is InChI=1S/C14H20N4O/c1-8-7-19-4-3-18(8)12-6-10(15-9(2)16-12)5-11-13-14(11)17-13/h6,8,11,13-14,17H,3-5,7H2,1-2H3/t8-,11?,13?,14?/m1/s1. The number of aromatic nitrogens is 2. The zero-order valence-electron chi connectivity index (χ0n) is 11.5. The Labute approximate surface area is 113 Å². The van der Waals surface area contributed by atoms with Crippen molar-refractivity contribution in [2.75, 3.05) is 24.7 Å². The molecule has 19 heavy (non-hydrogen) atoms. The van der Waals surface area contributed by atoms with Crippen LogP contribution in [0.15, 0.2) is 6.07 Å². The van der Waals surface area contributed by atoms with Gasteiger partial charge in [-0.25, -0.2) is 9.97 Å². The normalized spacial score (nSPS) is 36.0. The van der Waals surface area contributed by atoms with Gasteiger partial charge >= 0.3 is 0 Å². The number of nitrogens with one attached hydrogen (secondary N) is 1. The highest BCUT2D eigenvalue weighted by atomic mass is 16.5. The highest BCUT2D eigenvalue weighted by Crippen LogP contribution is 2.46. The Hall–Kier alpha value is -1.20. The van der Waals surface area contributed by atoms with Crippen molar-refractivity contribution in [1.82, 2.24) is 15.3 Å². The number of aryl methyl sites for hydroxylation is 1. The molecule has 0 aromatic carbocycles. The summed E-state index contributed by atoms with van der Waals surface area (Å²) in [7, 11) is 0. The molecule has 3 atom stereocenters. The van der Waals surface area contributed by atoms with Crippen molar-refractivity contribution in [3.8, 4) is 0 Å². The lowest BCUT2D eigenvalue weighted by Gasteiger charge is -2.34. The zero-order valence-corrected chi connectivity index (χ0v) is 11.5. The van der Waals surface area contributed by atoms with Crippen molar-refractivity contribution in [3.05, 3.63) is 17.6 Å². The van der Waals surface area contributed by atoms with E-state index in [-0.39, 0.29) is 0 Å². The average Bonchev–Trinajstić information content (AvgIpc) is 3.27. The van der Waals surface area contributed by atoms with Gasteiger partial charge in [0, 0.05) is 30.4 Å². The van der Waals surface area contributed by atoms with E-state index in [1.807, 2.05) is 6.92 Å². The largest absolute Gasteiger partial charge is 0.377 e. The van der Waals surface area contributed by atoms with Crippen molar-refractivity contribution >= 4 is 5.82 Å². The first-order chi connectivity index (χ1) is 9.22. The monoisotopic (exact) mass is 260 g/mol. The quantitative estimate of drug-likeness (QED) is 0.803. The van der Waals surface area contributed by atoms with Crippen molar-refractivity contribution in [1.29, 1.82) is 0 Å². The molecular weight excluding hydrogens is 240 g/mol. The predicted octanol–water partition coefficient (Wildman–Crippen LogP) is 0.523. The van der Waals surface area contributed by atoms with Gasteiger partial charge in [-0.2, -0.15) is 0 Å². The molecule has 4 rings (SSSR count). The van der Waals surface area contributed by atoms with E-state index in [0.717, 1.165) is 55.8 Å². The first-order valence-electron chi connectivity index (χ1n) is 7.17. The molecule has 0 spiro atoms. The van der Waals surface area contributed by atoms with E-state index in [9.17, 15) is 0 Å². The molecule has 0 bridgehead atoms. The van der Waals surface area contributed by atoms with Gasteiger partial charge in [-0.15, -0.1) is 0 Å². The molecule has 1 aromatic rings. The molecule has 1 aliphatic carbocycles. The van der Waals surface area contributed by atoms with Crippen LogP contribution in [0.2, 0.25) is 0 Å². The lowest BCUT2D eigenvalue weighted by Crippen LogP contribution is -2.44. The highest BCUT2D eigenvalue weighted by Gasteiger charge is 2.63. The Morgan fingerprint density at radius 2 is 2.26 bits per heavy atom. The van der Waals surface area contributed by atoms with Gasteiger partial charge < -0.3 is 15.0 Å². The van der Waals surface area contributed by atoms with Gasteiger partial charge in [0.15, 0.2) is 0 Å². The van der Waals surface area contributed by atoms with Crippen LogP contribution >= 0.6 is 0 Å². The van der Waals surface area contributed by atoms with E-state index < -0.39 is 0 Å². The number of fused-ring (bicyclic) bond motifs is 1. The maximum atomic E-state index is 5.50. The van der Waals surface area contributed by atoms with Gasteiger partial charge in [0.2, 0.25) is 0 Å². The SMILES string of the molecule is Cc1nc(CC2C3NC23)cc(N2CCOC[C@H]2C)n1. The molecule has 2 unspecified atom stereocenters. The number of anilines is 1. The van der Waals surface area contributed by atoms with Crippen LogP contribution in [-0.2, 0) is 11.2 Å². The van der Waals surface area contributed by atoms with E-state index in [1.165, 1.54) is 5.69 Å². The van der Waals surface area contributed by atoms with Crippen LogP contribution in [-0.4, -0.2) is 47.9 Å². The van der Waals surface area contributed by atoms with Gasteiger partial charge in [0.1, 0.15) is 11.6 Å². The van der Waals surface area contributed by atoms with Crippen LogP contribution in [0.3, 0.4) is 0 Å². The van der Waals surface area contributed by atoms with Crippen LogP contribution in [0.25, 0.3) is 0 Å². The minimum absolute atomic E-state index is 0.395. The zero-order chi connectivity index (χ0) is 13.0. The molecule has 0 radical (unpaired) electrons. The van der Waals surface area contributed by atoms with Gasteiger partial charge in [-0.3, -0.25) is 0 Å². The number of ether oxygens (including phenoxy) is 1. The van der Waals surface area contributed by atoms with Gasteiger partial charge in [0.05, 0.1) is 19.3 Å². The second kappa shape index (κ2) is 4.15. The topological polar surface area (TPSA) is 60.2 Å². The Bertz CT molecular complexity index is 498. The molecule has 5 nitrogen and oxygen atoms in total. The summed E-state index contributed by atoms with van der Waals surface area (Å²) in [6, 6.07) is 4.15. The Kier molecular flexibility index (Phi) is 2.53. The first-order valence-corrected chi connectivity index (χ1v) is 7.17.